The molecular formula is C16H21F2N3OS. The maximum absolute atomic E-state index is 12.4. The van der Waals surface area contributed by atoms with Gasteiger partial charge in [-0.2, -0.15) is 8.78 Å². The number of aromatic nitrogens is 1. The molecule has 7 heteroatoms. The zero-order valence-corrected chi connectivity index (χ0v) is 14.1. The van der Waals surface area contributed by atoms with Crippen molar-refractivity contribution in [2.24, 2.45) is 0 Å². The van der Waals surface area contributed by atoms with Gasteiger partial charge >= 0.3 is 6.61 Å². The number of rotatable bonds is 9. The van der Waals surface area contributed by atoms with E-state index in [1.165, 1.54) is 0 Å². The van der Waals surface area contributed by atoms with Crippen molar-refractivity contribution < 1.29 is 13.5 Å². The second kappa shape index (κ2) is 8.79. The Kier molecular flexibility index (Phi) is 6.73. The van der Waals surface area contributed by atoms with E-state index in [1.807, 2.05) is 6.20 Å². The molecule has 1 heterocycles. The fourth-order valence-electron chi connectivity index (χ4n) is 2.20. The Labute approximate surface area is 139 Å². The molecule has 0 saturated heterocycles. The Morgan fingerprint density at radius 2 is 1.96 bits per heavy atom. The van der Waals surface area contributed by atoms with Gasteiger partial charge in [0.15, 0.2) is 5.13 Å². The highest BCUT2D eigenvalue weighted by atomic mass is 32.1. The van der Waals surface area contributed by atoms with Crippen LogP contribution >= 0.6 is 11.3 Å². The number of nitrogens with zero attached hydrogens (tertiary/aromatic N) is 2. The smallest absolute Gasteiger partial charge is 0.387 e. The summed E-state index contributed by atoms with van der Waals surface area (Å²) in [5.41, 5.74) is 0.710. The van der Waals surface area contributed by atoms with Crippen LogP contribution in [0.1, 0.15) is 24.3 Å². The topological polar surface area (TPSA) is 37.4 Å². The van der Waals surface area contributed by atoms with E-state index < -0.39 is 6.61 Å². The van der Waals surface area contributed by atoms with Crippen molar-refractivity contribution >= 4 is 16.5 Å². The number of para-hydroxylation sites is 1. The molecule has 4 nitrogen and oxygen atoms in total. The monoisotopic (exact) mass is 341 g/mol. The van der Waals surface area contributed by atoms with Crippen molar-refractivity contribution in [3.05, 3.63) is 40.9 Å². The zero-order chi connectivity index (χ0) is 16.7. The molecule has 0 fully saturated rings. The van der Waals surface area contributed by atoms with Gasteiger partial charge in [-0.15, -0.1) is 11.3 Å². The molecule has 126 valence electrons. The number of anilines is 1. The van der Waals surface area contributed by atoms with Crippen molar-refractivity contribution in [3.8, 4) is 5.75 Å². The van der Waals surface area contributed by atoms with Crippen LogP contribution < -0.4 is 15.0 Å². The van der Waals surface area contributed by atoms with E-state index in [4.69, 9.17) is 0 Å². The Morgan fingerprint density at radius 1 is 1.22 bits per heavy atom. The molecule has 0 amide bonds. The molecule has 1 N–H and O–H groups in total. The third-order valence-electron chi connectivity index (χ3n) is 3.38. The quantitative estimate of drug-likeness (QED) is 0.751. The Balaban J connectivity index is 1.90. The highest BCUT2D eigenvalue weighted by molar-refractivity contribution is 7.15. The van der Waals surface area contributed by atoms with Crippen LogP contribution in [0.4, 0.5) is 13.9 Å². The molecule has 0 bridgehead atoms. The molecule has 0 spiro atoms. The average Bonchev–Trinajstić information content (AvgIpc) is 2.98. The molecule has 0 atom stereocenters. The molecule has 0 unspecified atom stereocenters. The van der Waals surface area contributed by atoms with Gasteiger partial charge in [0, 0.05) is 42.8 Å². The highest BCUT2D eigenvalue weighted by Crippen LogP contribution is 2.23. The second-order valence-electron chi connectivity index (χ2n) is 4.87. The Hall–Kier alpha value is -1.73. The number of alkyl halides is 2. The van der Waals surface area contributed by atoms with Crippen LogP contribution in [-0.4, -0.2) is 24.7 Å². The molecule has 2 rings (SSSR count). The summed E-state index contributed by atoms with van der Waals surface area (Å²) in [6.07, 6.45) is 1.85. The Morgan fingerprint density at radius 3 is 2.65 bits per heavy atom. The van der Waals surface area contributed by atoms with E-state index in [9.17, 15) is 8.78 Å². The van der Waals surface area contributed by atoms with Gasteiger partial charge in [-0.25, -0.2) is 4.98 Å². The first-order valence-electron chi connectivity index (χ1n) is 7.57. The zero-order valence-electron chi connectivity index (χ0n) is 13.3. The average molecular weight is 341 g/mol. The van der Waals surface area contributed by atoms with Gasteiger partial charge in [-0.3, -0.25) is 0 Å². The Bertz CT molecular complexity index is 603. The van der Waals surface area contributed by atoms with Crippen molar-refractivity contribution in [2.45, 2.75) is 33.5 Å². The fraction of sp³-hybridized carbons (Fsp3) is 0.438. The molecule has 0 aliphatic carbocycles. The fourth-order valence-corrected chi connectivity index (χ4v) is 3.21. The van der Waals surface area contributed by atoms with Crippen molar-refractivity contribution in [3.63, 3.8) is 0 Å². The van der Waals surface area contributed by atoms with E-state index in [0.717, 1.165) is 23.1 Å². The van der Waals surface area contributed by atoms with Crippen LogP contribution in [-0.2, 0) is 13.1 Å². The number of nitrogens with one attached hydrogen (secondary N) is 1. The minimum absolute atomic E-state index is 0.211. The molecule has 2 aromatic rings. The number of halogens is 2. The van der Waals surface area contributed by atoms with Crippen LogP contribution in [0.5, 0.6) is 5.75 Å². The van der Waals surface area contributed by atoms with E-state index in [0.29, 0.717) is 18.7 Å². The predicted octanol–water partition coefficient (Wildman–Crippen LogP) is 3.88. The minimum Gasteiger partial charge on any atom is -0.434 e. The summed E-state index contributed by atoms with van der Waals surface area (Å²) in [5, 5.41) is 4.25. The lowest BCUT2D eigenvalue weighted by molar-refractivity contribution is -0.0505. The molecule has 0 aliphatic rings. The van der Waals surface area contributed by atoms with Crippen LogP contribution in [0.3, 0.4) is 0 Å². The molecule has 0 radical (unpaired) electrons. The maximum Gasteiger partial charge on any atom is 0.387 e. The van der Waals surface area contributed by atoms with Gasteiger partial charge in [0.2, 0.25) is 0 Å². The molecule has 1 aromatic heterocycles. The summed E-state index contributed by atoms with van der Waals surface area (Å²) >= 11 is 1.64. The standard InChI is InChI=1S/C16H21F2N3OS/c1-3-21(4-2)16-20-11-13(23-16)10-19-9-12-7-5-6-8-14(12)22-15(17)18/h5-8,11,15,19H,3-4,9-10H2,1-2H3. The summed E-state index contributed by atoms with van der Waals surface area (Å²) in [6, 6.07) is 6.81. The third-order valence-corrected chi connectivity index (χ3v) is 4.44. The lowest BCUT2D eigenvalue weighted by Crippen LogP contribution is -2.21. The lowest BCUT2D eigenvalue weighted by atomic mass is 10.2. The molecular weight excluding hydrogens is 320 g/mol. The SMILES string of the molecule is CCN(CC)c1ncc(CNCc2ccccc2OC(F)F)s1. The molecule has 0 aliphatic heterocycles. The molecule has 1 aromatic carbocycles. The van der Waals surface area contributed by atoms with E-state index in [-0.39, 0.29) is 5.75 Å². The highest BCUT2D eigenvalue weighted by Gasteiger charge is 2.10. The van der Waals surface area contributed by atoms with Crippen LogP contribution in [0.25, 0.3) is 0 Å². The second-order valence-corrected chi connectivity index (χ2v) is 5.96. The van der Waals surface area contributed by atoms with Gasteiger partial charge in [-0.05, 0) is 19.9 Å². The molecule has 23 heavy (non-hydrogen) atoms. The first-order chi connectivity index (χ1) is 11.1. The van der Waals surface area contributed by atoms with E-state index >= 15 is 0 Å². The van der Waals surface area contributed by atoms with Crippen molar-refractivity contribution in [1.29, 1.82) is 0 Å². The van der Waals surface area contributed by atoms with Gasteiger partial charge < -0.3 is 15.0 Å². The largest absolute Gasteiger partial charge is 0.434 e. The first-order valence-corrected chi connectivity index (χ1v) is 8.38. The van der Waals surface area contributed by atoms with E-state index in [2.05, 4.69) is 33.8 Å². The van der Waals surface area contributed by atoms with Gasteiger partial charge in [0.25, 0.3) is 0 Å². The normalized spacial score (nSPS) is 11.0. The summed E-state index contributed by atoms with van der Waals surface area (Å²) in [4.78, 5) is 7.73. The summed E-state index contributed by atoms with van der Waals surface area (Å²) in [6.45, 7) is 4.34. The van der Waals surface area contributed by atoms with Gasteiger partial charge in [-0.1, -0.05) is 18.2 Å². The lowest BCUT2D eigenvalue weighted by Gasteiger charge is -2.16. The van der Waals surface area contributed by atoms with Crippen LogP contribution in [0.2, 0.25) is 0 Å². The van der Waals surface area contributed by atoms with Crippen LogP contribution in [0.15, 0.2) is 30.5 Å². The first kappa shape index (κ1) is 17.6. The minimum atomic E-state index is -2.81. The number of hydrogen-bond acceptors (Lipinski definition) is 5. The van der Waals surface area contributed by atoms with Crippen molar-refractivity contribution in [2.75, 3.05) is 18.0 Å². The van der Waals surface area contributed by atoms with Gasteiger partial charge in [0.05, 0.1) is 0 Å². The predicted molar refractivity (Wildman–Crippen MR) is 89.3 cm³/mol. The number of ether oxygens (including phenoxy) is 1. The number of benzene rings is 1. The van der Waals surface area contributed by atoms with Crippen LogP contribution in [0, 0.1) is 0 Å². The van der Waals surface area contributed by atoms with Gasteiger partial charge in [0.1, 0.15) is 5.75 Å². The maximum atomic E-state index is 12.4. The summed E-state index contributed by atoms with van der Waals surface area (Å²) in [7, 11) is 0. The molecule has 0 saturated carbocycles. The third kappa shape index (κ3) is 5.14. The van der Waals surface area contributed by atoms with E-state index in [1.54, 1.807) is 35.6 Å². The summed E-state index contributed by atoms with van der Waals surface area (Å²) < 4.78 is 29.3. The number of thiazole rings is 1. The summed E-state index contributed by atoms with van der Waals surface area (Å²) in [5.74, 6) is 0.211. The van der Waals surface area contributed by atoms with Crippen molar-refractivity contribution in [1.82, 2.24) is 10.3 Å². The number of hydrogen-bond donors (Lipinski definition) is 1.